The molecule has 0 bridgehead atoms. The molecule has 2 aliphatic rings. The Morgan fingerprint density at radius 1 is 1.05 bits per heavy atom. The molecule has 3 heterocycles. The molecule has 40 heavy (non-hydrogen) atoms. The van der Waals surface area contributed by atoms with Gasteiger partial charge < -0.3 is 19.2 Å². The summed E-state index contributed by atoms with van der Waals surface area (Å²) in [4.78, 5) is 18.8. The van der Waals surface area contributed by atoms with E-state index in [2.05, 4.69) is 38.4 Å². The maximum Gasteiger partial charge on any atom is 0.252 e. The molecule has 0 radical (unpaired) electrons. The van der Waals surface area contributed by atoms with E-state index in [1.165, 1.54) is 19.3 Å². The minimum absolute atomic E-state index is 0.0998. The molecule has 1 N–H and O–H groups in total. The lowest BCUT2D eigenvalue weighted by atomic mass is 9.95. The number of aromatic nitrogens is 5. The molecule has 0 amide bonds. The highest BCUT2D eigenvalue weighted by molar-refractivity contribution is 5.83. The summed E-state index contributed by atoms with van der Waals surface area (Å²) in [6.45, 7) is 4.13. The Hall–Kier alpha value is -3.92. The van der Waals surface area contributed by atoms with Gasteiger partial charge in [0.05, 0.1) is 24.7 Å². The van der Waals surface area contributed by atoms with E-state index in [1.807, 2.05) is 41.1 Å². The first kappa shape index (κ1) is 26.3. The number of hydrogen-bond acceptors (Lipinski definition) is 8. The SMILES string of the molecule is CCC(c1nnnn1C1CCCCC1)N(Cc1ccccc1OC)Cc1cc2cc3c(cc2[nH]c1=O)OCCO3. The van der Waals surface area contributed by atoms with Gasteiger partial charge in [0.25, 0.3) is 5.56 Å². The summed E-state index contributed by atoms with van der Waals surface area (Å²) in [7, 11) is 1.69. The molecule has 1 aliphatic carbocycles. The number of tetrazole rings is 1. The third-order valence-electron chi connectivity index (χ3n) is 8.09. The van der Waals surface area contributed by atoms with Crippen LogP contribution in [0.5, 0.6) is 17.2 Å². The summed E-state index contributed by atoms with van der Waals surface area (Å²) in [5.41, 5.74) is 2.30. The zero-order valence-corrected chi connectivity index (χ0v) is 23.1. The molecule has 1 atom stereocenters. The van der Waals surface area contributed by atoms with Gasteiger partial charge in [0.15, 0.2) is 17.3 Å². The van der Waals surface area contributed by atoms with Crippen molar-refractivity contribution in [2.45, 2.75) is 70.6 Å². The van der Waals surface area contributed by atoms with Crippen LogP contribution in [-0.4, -0.2) is 50.4 Å². The maximum absolute atomic E-state index is 13.4. The van der Waals surface area contributed by atoms with Crippen molar-refractivity contribution < 1.29 is 14.2 Å². The summed E-state index contributed by atoms with van der Waals surface area (Å²) >= 11 is 0. The number of nitrogens with zero attached hydrogens (tertiary/aromatic N) is 5. The third kappa shape index (κ3) is 5.28. The summed E-state index contributed by atoms with van der Waals surface area (Å²) in [5.74, 6) is 3.01. The number of para-hydroxylation sites is 1. The lowest BCUT2D eigenvalue weighted by Crippen LogP contribution is -2.33. The zero-order valence-electron chi connectivity index (χ0n) is 23.1. The van der Waals surface area contributed by atoms with Gasteiger partial charge in [-0.3, -0.25) is 9.69 Å². The number of fused-ring (bicyclic) bond motifs is 2. The van der Waals surface area contributed by atoms with E-state index >= 15 is 0 Å². The fraction of sp³-hybridized carbons (Fsp3) is 0.467. The van der Waals surface area contributed by atoms with Crippen LogP contribution in [0.3, 0.4) is 0 Å². The van der Waals surface area contributed by atoms with E-state index in [0.717, 1.165) is 47.3 Å². The molecule has 2 aromatic carbocycles. The van der Waals surface area contributed by atoms with E-state index in [1.54, 1.807) is 7.11 Å². The highest BCUT2D eigenvalue weighted by Gasteiger charge is 2.30. The number of rotatable bonds is 9. The molecule has 4 aromatic rings. The quantitative estimate of drug-likeness (QED) is 0.315. The Labute approximate surface area is 233 Å². The molecule has 1 fully saturated rings. The number of nitrogens with one attached hydrogen (secondary N) is 1. The number of H-pyrrole nitrogens is 1. The normalized spacial score (nSPS) is 16.4. The fourth-order valence-corrected chi connectivity index (χ4v) is 6.06. The van der Waals surface area contributed by atoms with Crippen LogP contribution in [0, 0.1) is 0 Å². The van der Waals surface area contributed by atoms with Crippen LogP contribution in [0.2, 0.25) is 0 Å². The lowest BCUT2D eigenvalue weighted by molar-refractivity contribution is 0.153. The van der Waals surface area contributed by atoms with Crippen LogP contribution in [0.25, 0.3) is 10.9 Å². The number of aromatic amines is 1. The average molecular weight is 545 g/mol. The Balaban J connectivity index is 1.39. The number of benzene rings is 2. The molecule has 10 heteroatoms. The van der Waals surface area contributed by atoms with Crippen LogP contribution >= 0.6 is 0 Å². The average Bonchev–Trinajstić information content (AvgIpc) is 3.47. The van der Waals surface area contributed by atoms with Gasteiger partial charge in [0.2, 0.25) is 0 Å². The smallest absolute Gasteiger partial charge is 0.252 e. The first-order valence-corrected chi connectivity index (χ1v) is 14.2. The summed E-state index contributed by atoms with van der Waals surface area (Å²) in [6.07, 6.45) is 6.60. The summed E-state index contributed by atoms with van der Waals surface area (Å²) < 4.78 is 19.2. The van der Waals surface area contributed by atoms with Gasteiger partial charge in [0, 0.05) is 35.7 Å². The molecule has 10 nitrogen and oxygen atoms in total. The van der Waals surface area contributed by atoms with Crippen LogP contribution in [0.1, 0.15) is 74.5 Å². The van der Waals surface area contributed by atoms with Gasteiger partial charge >= 0.3 is 0 Å². The lowest BCUT2D eigenvalue weighted by Gasteiger charge is -2.32. The molecule has 6 rings (SSSR count). The van der Waals surface area contributed by atoms with Crippen molar-refractivity contribution in [2.75, 3.05) is 20.3 Å². The minimum atomic E-state index is -0.129. The minimum Gasteiger partial charge on any atom is -0.496 e. The zero-order chi connectivity index (χ0) is 27.5. The van der Waals surface area contributed by atoms with Gasteiger partial charge in [-0.15, -0.1) is 5.10 Å². The second-order valence-electron chi connectivity index (χ2n) is 10.6. The molecular weight excluding hydrogens is 508 g/mol. The van der Waals surface area contributed by atoms with Crippen LogP contribution in [0.15, 0.2) is 47.3 Å². The van der Waals surface area contributed by atoms with E-state index in [0.29, 0.717) is 49.4 Å². The van der Waals surface area contributed by atoms with Crippen molar-refractivity contribution >= 4 is 10.9 Å². The molecule has 1 aliphatic heterocycles. The summed E-state index contributed by atoms with van der Waals surface area (Å²) in [6, 6.07) is 14.0. The predicted octanol–water partition coefficient (Wildman–Crippen LogP) is 4.95. The number of pyridine rings is 1. The molecule has 210 valence electrons. The monoisotopic (exact) mass is 544 g/mol. The summed E-state index contributed by atoms with van der Waals surface area (Å²) in [5, 5.41) is 14.0. The van der Waals surface area contributed by atoms with Crippen molar-refractivity contribution in [2.24, 2.45) is 0 Å². The van der Waals surface area contributed by atoms with Crippen molar-refractivity contribution in [3.63, 3.8) is 0 Å². The fourth-order valence-electron chi connectivity index (χ4n) is 6.06. The second kappa shape index (κ2) is 11.7. The molecule has 0 spiro atoms. The largest absolute Gasteiger partial charge is 0.496 e. The third-order valence-corrected chi connectivity index (χ3v) is 8.09. The topological polar surface area (TPSA) is 107 Å². The van der Waals surface area contributed by atoms with Gasteiger partial charge in [-0.1, -0.05) is 44.4 Å². The van der Waals surface area contributed by atoms with Crippen LogP contribution < -0.4 is 19.8 Å². The number of ether oxygens (including phenoxy) is 3. The van der Waals surface area contributed by atoms with E-state index in [-0.39, 0.29) is 11.6 Å². The molecular formula is C30H36N6O4. The Morgan fingerprint density at radius 2 is 1.80 bits per heavy atom. The second-order valence-corrected chi connectivity index (χ2v) is 10.6. The van der Waals surface area contributed by atoms with Crippen LogP contribution in [0.4, 0.5) is 0 Å². The first-order chi connectivity index (χ1) is 19.6. The van der Waals surface area contributed by atoms with Gasteiger partial charge in [-0.2, -0.15) is 0 Å². The number of methoxy groups -OCH3 is 1. The molecule has 1 unspecified atom stereocenters. The Bertz CT molecular complexity index is 1530. The maximum atomic E-state index is 13.4. The van der Waals surface area contributed by atoms with Gasteiger partial charge in [0.1, 0.15) is 19.0 Å². The molecule has 2 aromatic heterocycles. The van der Waals surface area contributed by atoms with E-state index in [4.69, 9.17) is 14.2 Å². The predicted molar refractivity (Wildman–Crippen MR) is 151 cm³/mol. The van der Waals surface area contributed by atoms with Crippen molar-refractivity contribution in [1.29, 1.82) is 0 Å². The molecule has 0 saturated heterocycles. The van der Waals surface area contributed by atoms with Crippen molar-refractivity contribution in [1.82, 2.24) is 30.1 Å². The molecule has 1 saturated carbocycles. The Kier molecular flexibility index (Phi) is 7.68. The van der Waals surface area contributed by atoms with Crippen LogP contribution in [-0.2, 0) is 13.1 Å². The van der Waals surface area contributed by atoms with Crippen molar-refractivity contribution in [3.8, 4) is 17.2 Å². The highest BCUT2D eigenvalue weighted by atomic mass is 16.6. The van der Waals surface area contributed by atoms with E-state index in [9.17, 15) is 4.79 Å². The number of hydrogen-bond donors (Lipinski definition) is 1. The van der Waals surface area contributed by atoms with Crippen molar-refractivity contribution in [3.05, 3.63) is 69.8 Å². The van der Waals surface area contributed by atoms with E-state index < -0.39 is 0 Å². The Morgan fingerprint density at radius 3 is 2.58 bits per heavy atom. The van der Waals surface area contributed by atoms with Gasteiger partial charge in [-0.25, -0.2) is 4.68 Å². The standard InChI is InChI=1S/C30H36N6O4/c1-3-25(29-32-33-34-36(29)23-10-5-4-6-11-23)35(18-20-9-7-8-12-26(20)38-2)19-22-15-21-16-27-28(40-14-13-39-27)17-24(21)31-30(22)37/h7-9,12,15-17,23,25H,3-6,10-11,13-14,18-19H2,1-2H3,(H,31,37). The highest BCUT2D eigenvalue weighted by Crippen LogP contribution is 2.35. The first-order valence-electron chi connectivity index (χ1n) is 14.2. The van der Waals surface area contributed by atoms with Gasteiger partial charge in [-0.05, 0) is 47.9 Å².